The Kier molecular flexibility index (Phi) is 3.36. The van der Waals surface area contributed by atoms with Crippen molar-refractivity contribution in [1.82, 2.24) is 4.90 Å². The van der Waals surface area contributed by atoms with E-state index < -0.39 is 0 Å². The molecule has 0 aliphatic rings. The van der Waals surface area contributed by atoms with E-state index in [2.05, 4.69) is 11.8 Å². The molecule has 1 aromatic rings. The van der Waals surface area contributed by atoms with Gasteiger partial charge < -0.3 is 10.2 Å². The smallest absolute Gasteiger partial charge is 0.136 e. The van der Waals surface area contributed by atoms with Crippen LogP contribution < -0.4 is 5.73 Å². The van der Waals surface area contributed by atoms with E-state index in [4.69, 9.17) is 21.8 Å². The van der Waals surface area contributed by atoms with E-state index in [0.717, 1.165) is 5.76 Å². The third-order valence-electron chi connectivity index (χ3n) is 2.15. The summed E-state index contributed by atoms with van der Waals surface area (Å²) in [6.07, 6.45) is 0. The van der Waals surface area contributed by atoms with Gasteiger partial charge in [0.25, 0.3) is 0 Å². The Labute approximate surface area is 83.5 Å². The van der Waals surface area contributed by atoms with Crippen LogP contribution in [0.5, 0.6) is 0 Å². The minimum atomic E-state index is 0.220. The highest BCUT2D eigenvalue weighted by atomic mass is 35.5. The third kappa shape index (κ3) is 2.24. The Balaban J connectivity index is 2.90. The molecule has 3 nitrogen and oxygen atoms in total. The maximum absolute atomic E-state index is 5.90. The molecule has 0 aromatic carbocycles. The molecule has 0 bridgehead atoms. The van der Waals surface area contributed by atoms with Crippen LogP contribution in [0.3, 0.4) is 0 Å². The summed E-state index contributed by atoms with van der Waals surface area (Å²) in [5, 5.41) is 0.617. The van der Waals surface area contributed by atoms with Gasteiger partial charge in [0.1, 0.15) is 11.5 Å². The molecule has 0 radical (unpaired) electrons. The summed E-state index contributed by atoms with van der Waals surface area (Å²) >= 11 is 5.90. The fourth-order valence-electron chi connectivity index (χ4n) is 1.03. The maximum atomic E-state index is 5.90. The van der Waals surface area contributed by atoms with Gasteiger partial charge in [-0.25, -0.2) is 0 Å². The Morgan fingerprint density at radius 1 is 1.62 bits per heavy atom. The van der Waals surface area contributed by atoms with Crippen LogP contribution in [0.4, 0.5) is 0 Å². The first-order chi connectivity index (χ1) is 6.06. The van der Waals surface area contributed by atoms with Crippen LogP contribution in [0.2, 0.25) is 5.02 Å². The lowest BCUT2D eigenvalue weighted by Gasteiger charge is -2.16. The predicted octanol–water partition coefficient (Wildman–Crippen LogP) is 2.01. The van der Waals surface area contributed by atoms with Crippen molar-refractivity contribution in [1.29, 1.82) is 0 Å². The Morgan fingerprint density at radius 2 is 2.23 bits per heavy atom. The third-order valence-corrected chi connectivity index (χ3v) is 2.47. The van der Waals surface area contributed by atoms with Gasteiger partial charge in [0, 0.05) is 6.07 Å². The largest absolute Gasteiger partial charge is 0.461 e. The van der Waals surface area contributed by atoms with Crippen LogP contribution in [0.15, 0.2) is 10.5 Å². The second-order valence-electron chi connectivity index (χ2n) is 3.26. The lowest BCUT2D eigenvalue weighted by molar-refractivity contribution is 0.272. The summed E-state index contributed by atoms with van der Waals surface area (Å²) in [7, 11) is 3.98. The van der Waals surface area contributed by atoms with E-state index in [1.165, 1.54) is 0 Å². The van der Waals surface area contributed by atoms with Crippen LogP contribution in [0.25, 0.3) is 0 Å². The molecular weight excluding hydrogens is 188 g/mol. The number of furan rings is 1. The van der Waals surface area contributed by atoms with E-state index in [1.54, 1.807) is 0 Å². The van der Waals surface area contributed by atoms with Crippen molar-refractivity contribution in [3.8, 4) is 0 Å². The molecule has 1 rings (SSSR count). The molecule has 1 heterocycles. The highest BCUT2D eigenvalue weighted by molar-refractivity contribution is 6.31. The average Bonchev–Trinajstić information content (AvgIpc) is 2.45. The molecule has 0 fully saturated rings. The topological polar surface area (TPSA) is 42.4 Å². The van der Waals surface area contributed by atoms with Crippen LogP contribution >= 0.6 is 11.6 Å². The molecule has 13 heavy (non-hydrogen) atoms. The van der Waals surface area contributed by atoms with Gasteiger partial charge in [-0.1, -0.05) is 11.6 Å². The average molecular weight is 203 g/mol. The lowest BCUT2D eigenvalue weighted by atomic mass is 10.2. The molecule has 0 saturated heterocycles. The molecule has 1 unspecified atom stereocenters. The highest BCUT2D eigenvalue weighted by Crippen LogP contribution is 2.26. The lowest BCUT2D eigenvalue weighted by Crippen LogP contribution is -2.15. The van der Waals surface area contributed by atoms with E-state index >= 15 is 0 Å². The van der Waals surface area contributed by atoms with Crippen molar-refractivity contribution in [2.45, 2.75) is 19.5 Å². The molecule has 4 heteroatoms. The Morgan fingerprint density at radius 3 is 2.62 bits per heavy atom. The van der Waals surface area contributed by atoms with Gasteiger partial charge in [-0.05, 0) is 21.0 Å². The van der Waals surface area contributed by atoms with Crippen LogP contribution in [0, 0.1) is 0 Å². The maximum Gasteiger partial charge on any atom is 0.136 e. The van der Waals surface area contributed by atoms with Crippen molar-refractivity contribution in [3.05, 3.63) is 22.6 Å². The molecule has 2 N–H and O–H groups in total. The fourth-order valence-corrected chi connectivity index (χ4v) is 1.25. The second-order valence-corrected chi connectivity index (χ2v) is 3.67. The number of hydrogen-bond acceptors (Lipinski definition) is 3. The van der Waals surface area contributed by atoms with Gasteiger partial charge in [0.2, 0.25) is 0 Å². The summed E-state index contributed by atoms with van der Waals surface area (Å²) < 4.78 is 5.49. The van der Waals surface area contributed by atoms with Gasteiger partial charge in [0.05, 0.1) is 17.6 Å². The zero-order valence-electron chi connectivity index (χ0n) is 8.17. The molecule has 0 aliphatic heterocycles. The molecule has 0 amide bonds. The first kappa shape index (κ1) is 10.6. The summed E-state index contributed by atoms with van der Waals surface area (Å²) in [4.78, 5) is 2.05. The molecule has 1 aromatic heterocycles. The van der Waals surface area contributed by atoms with Crippen molar-refractivity contribution in [3.63, 3.8) is 0 Å². The minimum Gasteiger partial charge on any atom is -0.461 e. The highest BCUT2D eigenvalue weighted by Gasteiger charge is 2.15. The molecule has 1 atom stereocenters. The molecule has 0 saturated carbocycles. The number of nitrogens with two attached hydrogens (primary N) is 1. The summed E-state index contributed by atoms with van der Waals surface area (Å²) in [6.45, 7) is 2.40. The first-order valence-corrected chi connectivity index (χ1v) is 4.58. The minimum absolute atomic E-state index is 0.220. The molecule has 74 valence electrons. The second kappa shape index (κ2) is 4.13. The van der Waals surface area contributed by atoms with E-state index in [0.29, 0.717) is 17.3 Å². The summed E-state index contributed by atoms with van der Waals surface area (Å²) in [6, 6.07) is 2.05. The quantitative estimate of drug-likeness (QED) is 0.816. The summed E-state index contributed by atoms with van der Waals surface area (Å²) in [5.41, 5.74) is 5.45. The Hall–Kier alpha value is -0.510. The molecular formula is C9H15ClN2O. The normalized spacial score (nSPS) is 13.7. The number of nitrogens with zero attached hydrogens (tertiary/aromatic N) is 1. The number of halogens is 1. The van der Waals surface area contributed by atoms with E-state index in [-0.39, 0.29) is 6.04 Å². The van der Waals surface area contributed by atoms with Crippen LogP contribution in [-0.2, 0) is 6.54 Å². The predicted molar refractivity (Wildman–Crippen MR) is 53.7 cm³/mol. The van der Waals surface area contributed by atoms with E-state index in [1.807, 2.05) is 20.2 Å². The fraction of sp³-hybridized carbons (Fsp3) is 0.556. The van der Waals surface area contributed by atoms with Crippen molar-refractivity contribution < 1.29 is 4.42 Å². The first-order valence-electron chi connectivity index (χ1n) is 4.21. The number of rotatable bonds is 3. The van der Waals surface area contributed by atoms with Crippen molar-refractivity contribution in [2.24, 2.45) is 5.73 Å². The SMILES string of the molecule is CC(c1cc(Cl)c(CN)o1)N(C)C. The van der Waals surface area contributed by atoms with Crippen molar-refractivity contribution >= 4 is 11.6 Å². The van der Waals surface area contributed by atoms with Gasteiger partial charge in [-0.15, -0.1) is 0 Å². The monoisotopic (exact) mass is 202 g/mol. The van der Waals surface area contributed by atoms with Gasteiger partial charge in [-0.2, -0.15) is 0 Å². The van der Waals surface area contributed by atoms with Crippen LogP contribution in [0.1, 0.15) is 24.5 Å². The van der Waals surface area contributed by atoms with Gasteiger partial charge in [0.15, 0.2) is 0 Å². The molecule has 0 spiro atoms. The zero-order valence-corrected chi connectivity index (χ0v) is 8.93. The van der Waals surface area contributed by atoms with Crippen molar-refractivity contribution in [2.75, 3.05) is 14.1 Å². The van der Waals surface area contributed by atoms with Crippen LogP contribution in [-0.4, -0.2) is 19.0 Å². The zero-order chi connectivity index (χ0) is 10.0. The standard InChI is InChI=1S/C9H15ClN2O/c1-6(12(2)3)8-4-7(10)9(5-11)13-8/h4,6H,5,11H2,1-3H3. The van der Waals surface area contributed by atoms with E-state index in [9.17, 15) is 0 Å². The van der Waals surface area contributed by atoms with Gasteiger partial charge >= 0.3 is 0 Å². The molecule has 0 aliphatic carbocycles. The Bertz CT molecular complexity index is 283. The summed E-state index contributed by atoms with van der Waals surface area (Å²) in [5.74, 6) is 1.51. The van der Waals surface area contributed by atoms with Gasteiger partial charge in [-0.3, -0.25) is 4.90 Å². The number of hydrogen-bond donors (Lipinski definition) is 1.